The first kappa shape index (κ1) is 15.8. The third-order valence-electron chi connectivity index (χ3n) is 4.02. The van der Waals surface area contributed by atoms with Crippen LogP contribution < -0.4 is 5.32 Å². The van der Waals surface area contributed by atoms with Crippen molar-refractivity contribution in [2.75, 3.05) is 13.2 Å². The molecule has 1 aromatic rings. The fraction of sp³-hybridized carbons (Fsp3) is 0.647. The Morgan fingerprint density at radius 2 is 2.05 bits per heavy atom. The molecule has 3 heteroatoms. The number of ether oxygens (including phenoxy) is 1. The summed E-state index contributed by atoms with van der Waals surface area (Å²) in [5.41, 5.74) is 2.58. The van der Waals surface area contributed by atoms with E-state index >= 15 is 0 Å². The molecule has 112 valence electrons. The van der Waals surface area contributed by atoms with Crippen LogP contribution in [0.2, 0.25) is 5.02 Å². The maximum Gasteiger partial charge on any atom is 0.0575 e. The maximum atomic E-state index is 5.96. The molecular weight excluding hydrogens is 270 g/mol. The Labute approximate surface area is 127 Å². The Kier molecular flexibility index (Phi) is 6.85. The summed E-state index contributed by atoms with van der Waals surface area (Å²) in [6.45, 7) is 4.91. The average molecular weight is 296 g/mol. The van der Waals surface area contributed by atoms with Crippen LogP contribution in [-0.2, 0) is 11.3 Å². The molecule has 0 radical (unpaired) electrons. The number of hydrogen-bond acceptors (Lipinski definition) is 2. The van der Waals surface area contributed by atoms with Crippen LogP contribution in [0.15, 0.2) is 18.2 Å². The summed E-state index contributed by atoms with van der Waals surface area (Å²) >= 11 is 5.96. The van der Waals surface area contributed by atoms with Crippen molar-refractivity contribution < 1.29 is 4.74 Å². The van der Waals surface area contributed by atoms with Gasteiger partial charge >= 0.3 is 0 Å². The monoisotopic (exact) mass is 295 g/mol. The molecule has 0 heterocycles. The van der Waals surface area contributed by atoms with Crippen molar-refractivity contribution in [3.63, 3.8) is 0 Å². The molecule has 1 saturated carbocycles. The lowest BCUT2D eigenvalue weighted by molar-refractivity contribution is 0.0273. The maximum absolute atomic E-state index is 5.96. The van der Waals surface area contributed by atoms with E-state index in [4.69, 9.17) is 16.3 Å². The van der Waals surface area contributed by atoms with Gasteiger partial charge in [-0.3, -0.25) is 0 Å². The van der Waals surface area contributed by atoms with Crippen LogP contribution in [0.5, 0.6) is 0 Å². The second-order valence-corrected chi connectivity index (χ2v) is 6.17. The Morgan fingerprint density at radius 3 is 2.80 bits per heavy atom. The molecule has 1 aliphatic rings. The number of halogens is 1. The summed E-state index contributed by atoms with van der Waals surface area (Å²) in [6, 6.07) is 6.08. The molecule has 0 unspecified atom stereocenters. The number of aryl methyl sites for hydroxylation is 1. The second kappa shape index (κ2) is 8.66. The van der Waals surface area contributed by atoms with Crippen molar-refractivity contribution in [2.45, 2.75) is 58.1 Å². The first-order valence-electron chi connectivity index (χ1n) is 7.83. The summed E-state index contributed by atoms with van der Waals surface area (Å²) in [5.74, 6) is 0. The molecule has 0 aliphatic heterocycles. The fourth-order valence-corrected chi connectivity index (χ4v) is 2.99. The molecule has 0 spiro atoms. The van der Waals surface area contributed by atoms with Gasteiger partial charge in [-0.05, 0) is 56.0 Å². The zero-order valence-electron chi connectivity index (χ0n) is 12.5. The summed E-state index contributed by atoms with van der Waals surface area (Å²) in [6.07, 6.45) is 8.22. The van der Waals surface area contributed by atoms with Crippen LogP contribution in [0.3, 0.4) is 0 Å². The van der Waals surface area contributed by atoms with E-state index in [0.717, 1.165) is 31.1 Å². The molecule has 0 amide bonds. The van der Waals surface area contributed by atoms with Gasteiger partial charge < -0.3 is 10.1 Å². The topological polar surface area (TPSA) is 21.3 Å². The minimum atomic E-state index is 0.530. The first-order valence-corrected chi connectivity index (χ1v) is 8.21. The number of hydrogen-bond donors (Lipinski definition) is 1. The summed E-state index contributed by atoms with van der Waals surface area (Å²) in [4.78, 5) is 0. The van der Waals surface area contributed by atoms with E-state index in [1.807, 2.05) is 12.1 Å². The largest absolute Gasteiger partial charge is 0.378 e. The summed E-state index contributed by atoms with van der Waals surface area (Å²) in [7, 11) is 0. The van der Waals surface area contributed by atoms with E-state index < -0.39 is 0 Å². The van der Waals surface area contributed by atoms with E-state index in [1.165, 1.54) is 43.2 Å². The molecule has 2 nitrogen and oxygen atoms in total. The van der Waals surface area contributed by atoms with Crippen LogP contribution in [-0.4, -0.2) is 19.3 Å². The quantitative estimate of drug-likeness (QED) is 0.749. The van der Waals surface area contributed by atoms with Gasteiger partial charge in [0.2, 0.25) is 0 Å². The molecule has 0 bridgehead atoms. The van der Waals surface area contributed by atoms with E-state index in [1.54, 1.807) is 0 Å². The lowest BCUT2D eigenvalue weighted by Crippen LogP contribution is -2.20. The third kappa shape index (κ3) is 5.43. The lowest BCUT2D eigenvalue weighted by Gasteiger charge is -2.21. The average Bonchev–Trinajstić information content (AvgIpc) is 2.46. The van der Waals surface area contributed by atoms with Gasteiger partial charge in [-0.1, -0.05) is 36.9 Å². The number of rotatable bonds is 7. The van der Waals surface area contributed by atoms with E-state index in [9.17, 15) is 0 Å². The number of benzene rings is 1. The van der Waals surface area contributed by atoms with Gasteiger partial charge in [-0.25, -0.2) is 0 Å². The van der Waals surface area contributed by atoms with Crippen LogP contribution in [0.25, 0.3) is 0 Å². The van der Waals surface area contributed by atoms with E-state index in [-0.39, 0.29) is 0 Å². The van der Waals surface area contributed by atoms with Crippen LogP contribution in [0.1, 0.15) is 49.7 Å². The van der Waals surface area contributed by atoms with Crippen molar-refractivity contribution in [3.8, 4) is 0 Å². The van der Waals surface area contributed by atoms with Crippen molar-refractivity contribution in [3.05, 3.63) is 34.3 Å². The van der Waals surface area contributed by atoms with E-state index in [0.29, 0.717) is 6.10 Å². The zero-order chi connectivity index (χ0) is 14.2. The predicted octanol–water partition coefficient (Wildman–Crippen LogP) is 4.48. The molecule has 1 fully saturated rings. The minimum Gasteiger partial charge on any atom is -0.378 e. The Hall–Kier alpha value is -0.570. The Morgan fingerprint density at radius 1 is 1.25 bits per heavy atom. The minimum absolute atomic E-state index is 0.530. The normalized spacial score (nSPS) is 16.5. The van der Waals surface area contributed by atoms with Crippen molar-refractivity contribution in [1.29, 1.82) is 0 Å². The van der Waals surface area contributed by atoms with Crippen LogP contribution >= 0.6 is 11.6 Å². The molecule has 1 aliphatic carbocycles. The summed E-state index contributed by atoms with van der Waals surface area (Å²) in [5, 5.41) is 4.29. The highest BCUT2D eigenvalue weighted by molar-refractivity contribution is 6.30. The lowest BCUT2D eigenvalue weighted by atomic mass is 9.98. The van der Waals surface area contributed by atoms with Gasteiger partial charge in [0.05, 0.1) is 6.10 Å². The fourth-order valence-electron chi connectivity index (χ4n) is 2.76. The van der Waals surface area contributed by atoms with E-state index in [2.05, 4.69) is 18.3 Å². The van der Waals surface area contributed by atoms with Gasteiger partial charge in [0.1, 0.15) is 0 Å². The highest BCUT2D eigenvalue weighted by Crippen LogP contribution is 2.20. The smallest absolute Gasteiger partial charge is 0.0575 e. The van der Waals surface area contributed by atoms with Gasteiger partial charge in [0.25, 0.3) is 0 Å². The standard InChI is InChI=1S/C17H26ClNO/c1-14-12-16(18)9-8-15(14)13-19-10-5-11-20-17-6-3-2-4-7-17/h8-9,12,17,19H,2-7,10-11,13H2,1H3. The predicted molar refractivity (Wildman–Crippen MR) is 85.3 cm³/mol. The van der Waals surface area contributed by atoms with Crippen LogP contribution in [0.4, 0.5) is 0 Å². The SMILES string of the molecule is Cc1cc(Cl)ccc1CNCCCOC1CCCCC1. The molecule has 1 N–H and O–H groups in total. The van der Waals surface area contributed by atoms with Gasteiger partial charge in [-0.2, -0.15) is 0 Å². The van der Waals surface area contributed by atoms with Crippen molar-refractivity contribution in [1.82, 2.24) is 5.32 Å². The first-order chi connectivity index (χ1) is 9.75. The van der Waals surface area contributed by atoms with Gasteiger partial charge in [0.15, 0.2) is 0 Å². The van der Waals surface area contributed by atoms with Gasteiger partial charge in [0, 0.05) is 18.2 Å². The molecule has 2 rings (SSSR count). The molecule has 20 heavy (non-hydrogen) atoms. The molecule has 0 aromatic heterocycles. The highest BCUT2D eigenvalue weighted by Gasteiger charge is 2.12. The molecular formula is C17H26ClNO. The highest BCUT2D eigenvalue weighted by atomic mass is 35.5. The number of nitrogens with one attached hydrogen (secondary N) is 1. The zero-order valence-corrected chi connectivity index (χ0v) is 13.2. The summed E-state index contributed by atoms with van der Waals surface area (Å²) < 4.78 is 5.92. The second-order valence-electron chi connectivity index (χ2n) is 5.73. The Bertz CT molecular complexity index is 402. The Balaban J connectivity index is 1.55. The molecule has 0 saturated heterocycles. The van der Waals surface area contributed by atoms with Crippen molar-refractivity contribution >= 4 is 11.6 Å². The van der Waals surface area contributed by atoms with Crippen LogP contribution in [0, 0.1) is 6.92 Å². The molecule has 0 atom stereocenters. The van der Waals surface area contributed by atoms with Gasteiger partial charge in [-0.15, -0.1) is 0 Å². The molecule has 1 aromatic carbocycles. The third-order valence-corrected chi connectivity index (χ3v) is 4.26. The van der Waals surface area contributed by atoms with Crippen molar-refractivity contribution in [2.24, 2.45) is 0 Å².